The van der Waals surface area contributed by atoms with Crippen LogP contribution in [0.15, 0.2) is 0 Å². The Bertz CT molecular complexity index is 279. The van der Waals surface area contributed by atoms with Crippen molar-refractivity contribution in [2.45, 2.75) is 65.0 Å². The minimum Gasteiger partial charge on any atom is -0.336 e. The Balaban J connectivity index is 1.77. The molecule has 2 amide bonds. The van der Waals surface area contributed by atoms with Crippen molar-refractivity contribution in [2.75, 3.05) is 0 Å². The molecule has 98 valence electrons. The quantitative estimate of drug-likeness (QED) is 0.777. The van der Waals surface area contributed by atoms with E-state index < -0.39 is 0 Å². The molecule has 0 spiro atoms. The summed E-state index contributed by atoms with van der Waals surface area (Å²) in [6, 6.07) is 0.603. The first-order chi connectivity index (χ1) is 8.10. The maximum absolute atomic E-state index is 11.8. The zero-order valence-electron chi connectivity index (χ0n) is 11.3. The van der Waals surface area contributed by atoms with Crippen LogP contribution in [0.25, 0.3) is 0 Å². The summed E-state index contributed by atoms with van der Waals surface area (Å²) in [6.45, 7) is 6.30. The normalized spacial score (nSPS) is 34.4. The van der Waals surface area contributed by atoms with Gasteiger partial charge in [0.15, 0.2) is 0 Å². The van der Waals surface area contributed by atoms with E-state index in [1.165, 1.54) is 25.7 Å². The molecule has 2 aliphatic carbocycles. The number of amides is 2. The molecule has 0 saturated heterocycles. The third-order valence-corrected chi connectivity index (χ3v) is 4.78. The van der Waals surface area contributed by atoms with E-state index in [2.05, 4.69) is 24.5 Å². The molecule has 2 fully saturated rings. The third kappa shape index (κ3) is 2.93. The smallest absolute Gasteiger partial charge is 0.315 e. The van der Waals surface area contributed by atoms with Crippen LogP contribution in [0.2, 0.25) is 0 Å². The van der Waals surface area contributed by atoms with Gasteiger partial charge in [0, 0.05) is 12.1 Å². The van der Waals surface area contributed by atoms with Gasteiger partial charge in [-0.25, -0.2) is 4.79 Å². The number of carbonyl (C=O) groups excluding carboxylic acids is 1. The summed E-state index contributed by atoms with van der Waals surface area (Å²) in [5, 5.41) is 6.10. The Labute approximate surface area is 105 Å². The Morgan fingerprint density at radius 1 is 1.24 bits per heavy atom. The van der Waals surface area contributed by atoms with E-state index in [1.807, 2.05) is 6.92 Å². The molecular formula is C14H26N2O. The van der Waals surface area contributed by atoms with Crippen molar-refractivity contribution in [3.05, 3.63) is 0 Å². The van der Waals surface area contributed by atoms with Gasteiger partial charge in [0.25, 0.3) is 0 Å². The molecule has 2 rings (SSSR count). The summed E-state index contributed by atoms with van der Waals surface area (Å²) in [6.07, 6.45) is 6.52. The second-order valence-electron chi connectivity index (χ2n) is 6.05. The minimum absolute atomic E-state index is 0.00891. The van der Waals surface area contributed by atoms with Crippen LogP contribution in [0.5, 0.6) is 0 Å². The first kappa shape index (κ1) is 12.7. The molecule has 0 unspecified atom stereocenters. The lowest BCUT2D eigenvalue weighted by Gasteiger charge is -2.29. The largest absolute Gasteiger partial charge is 0.336 e. The number of fused-ring (bicyclic) bond motifs is 2. The van der Waals surface area contributed by atoms with Gasteiger partial charge in [0.05, 0.1) is 0 Å². The van der Waals surface area contributed by atoms with Gasteiger partial charge in [-0.15, -0.1) is 0 Å². The summed E-state index contributed by atoms with van der Waals surface area (Å²) >= 11 is 0. The first-order valence-electron chi connectivity index (χ1n) is 7.17. The predicted molar refractivity (Wildman–Crippen MR) is 69.8 cm³/mol. The molecule has 0 radical (unpaired) electrons. The standard InChI is InChI=1S/C14H26N2O/c1-4-9(2)15-14(17)16-10(3)13-8-11-5-6-12(13)7-11/h9-13H,4-8H2,1-3H3,(H2,15,16,17)/t9-,10-,11+,12+,13-/m0/s1. The topological polar surface area (TPSA) is 41.1 Å². The molecule has 2 N–H and O–H groups in total. The Morgan fingerprint density at radius 3 is 2.53 bits per heavy atom. The van der Waals surface area contributed by atoms with Gasteiger partial charge in [0.2, 0.25) is 0 Å². The molecule has 3 nitrogen and oxygen atoms in total. The van der Waals surface area contributed by atoms with Gasteiger partial charge in [-0.3, -0.25) is 0 Å². The maximum atomic E-state index is 11.8. The van der Waals surface area contributed by atoms with E-state index in [9.17, 15) is 4.79 Å². The van der Waals surface area contributed by atoms with E-state index in [1.54, 1.807) is 0 Å². The molecule has 2 saturated carbocycles. The molecule has 17 heavy (non-hydrogen) atoms. The number of nitrogens with one attached hydrogen (secondary N) is 2. The monoisotopic (exact) mass is 238 g/mol. The Hall–Kier alpha value is -0.730. The van der Waals surface area contributed by atoms with E-state index in [0.717, 1.165) is 24.2 Å². The molecule has 0 aromatic rings. The number of rotatable bonds is 4. The predicted octanol–water partition coefficient (Wildman–Crippen LogP) is 2.91. The molecule has 0 heterocycles. The lowest BCUT2D eigenvalue weighted by molar-refractivity contribution is 0.217. The summed E-state index contributed by atoms with van der Waals surface area (Å²) < 4.78 is 0. The highest BCUT2D eigenvalue weighted by molar-refractivity contribution is 5.74. The van der Waals surface area contributed by atoms with Crippen LogP contribution in [-0.4, -0.2) is 18.1 Å². The van der Waals surface area contributed by atoms with E-state index in [-0.39, 0.29) is 12.1 Å². The van der Waals surface area contributed by atoms with Crippen molar-refractivity contribution in [3.8, 4) is 0 Å². The molecule has 0 aromatic heterocycles. The average Bonchev–Trinajstić information content (AvgIpc) is 2.90. The van der Waals surface area contributed by atoms with E-state index in [0.29, 0.717) is 6.04 Å². The fourth-order valence-corrected chi connectivity index (χ4v) is 3.59. The van der Waals surface area contributed by atoms with Crippen LogP contribution in [0.3, 0.4) is 0 Å². The average molecular weight is 238 g/mol. The maximum Gasteiger partial charge on any atom is 0.315 e. The molecular weight excluding hydrogens is 212 g/mol. The highest BCUT2D eigenvalue weighted by Gasteiger charge is 2.42. The lowest BCUT2D eigenvalue weighted by Crippen LogP contribution is -2.47. The van der Waals surface area contributed by atoms with Gasteiger partial charge in [-0.05, 0) is 57.3 Å². The van der Waals surface area contributed by atoms with Gasteiger partial charge in [-0.1, -0.05) is 13.3 Å². The summed E-state index contributed by atoms with van der Waals surface area (Å²) in [7, 11) is 0. The van der Waals surface area contributed by atoms with Crippen LogP contribution in [0.4, 0.5) is 4.79 Å². The highest BCUT2D eigenvalue weighted by atomic mass is 16.2. The molecule has 2 bridgehead atoms. The fourth-order valence-electron chi connectivity index (χ4n) is 3.59. The summed E-state index contributed by atoms with van der Waals surface area (Å²) in [5.41, 5.74) is 0. The van der Waals surface area contributed by atoms with Crippen molar-refractivity contribution in [1.29, 1.82) is 0 Å². The van der Waals surface area contributed by atoms with Crippen molar-refractivity contribution >= 4 is 6.03 Å². The Morgan fingerprint density at radius 2 is 2.00 bits per heavy atom. The lowest BCUT2D eigenvalue weighted by atomic mass is 9.84. The highest BCUT2D eigenvalue weighted by Crippen LogP contribution is 2.49. The third-order valence-electron chi connectivity index (χ3n) is 4.78. The molecule has 5 atom stereocenters. The molecule has 0 aliphatic heterocycles. The van der Waals surface area contributed by atoms with E-state index in [4.69, 9.17) is 0 Å². The van der Waals surface area contributed by atoms with Gasteiger partial charge >= 0.3 is 6.03 Å². The number of urea groups is 1. The van der Waals surface area contributed by atoms with Crippen LogP contribution in [0.1, 0.15) is 52.9 Å². The minimum atomic E-state index is 0.00891. The van der Waals surface area contributed by atoms with E-state index >= 15 is 0 Å². The zero-order valence-corrected chi connectivity index (χ0v) is 11.3. The number of hydrogen-bond acceptors (Lipinski definition) is 1. The van der Waals surface area contributed by atoms with Crippen molar-refractivity contribution in [2.24, 2.45) is 17.8 Å². The van der Waals surface area contributed by atoms with Crippen molar-refractivity contribution < 1.29 is 4.79 Å². The van der Waals surface area contributed by atoms with Crippen molar-refractivity contribution in [3.63, 3.8) is 0 Å². The molecule has 2 aliphatic rings. The zero-order chi connectivity index (χ0) is 12.4. The first-order valence-corrected chi connectivity index (χ1v) is 7.17. The second kappa shape index (κ2) is 5.28. The number of carbonyl (C=O) groups is 1. The van der Waals surface area contributed by atoms with Crippen LogP contribution >= 0.6 is 0 Å². The fraction of sp³-hybridized carbons (Fsp3) is 0.929. The number of hydrogen-bond donors (Lipinski definition) is 2. The summed E-state index contributed by atoms with van der Waals surface area (Å²) in [4.78, 5) is 11.8. The molecule has 3 heteroatoms. The van der Waals surface area contributed by atoms with Crippen LogP contribution in [0, 0.1) is 17.8 Å². The van der Waals surface area contributed by atoms with Gasteiger partial charge in [-0.2, -0.15) is 0 Å². The van der Waals surface area contributed by atoms with Gasteiger partial charge in [0.1, 0.15) is 0 Å². The van der Waals surface area contributed by atoms with Crippen LogP contribution in [-0.2, 0) is 0 Å². The van der Waals surface area contributed by atoms with Crippen LogP contribution < -0.4 is 10.6 Å². The van der Waals surface area contributed by atoms with Gasteiger partial charge < -0.3 is 10.6 Å². The SMILES string of the molecule is CC[C@H](C)NC(=O)N[C@@H](C)[C@@H]1C[C@@H]2CC[C@@H]1C2. The molecule has 0 aromatic carbocycles. The second-order valence-corrected chi connectivity index (χ2v) is 6.05. The van der Waals surface area contributed by atoms with Crippen molar-refractivity contribution in [1.82, 2.24) is 10.6 Å². The Kier molecular flexibility index (Phi) is 3.95. The summed E-state index contributed by atoms with van der Waals surface area (Å²) in [5.74, 6) is 2.54.